The van der Waals surface area contributed by atoms with Crippen molar-refractivity contribution < 1.29 is 14.3 Å². The molecule has 4 rings (SSSR count). The maximum Gasteiger partial charge on any atom is 0.225 e. The zero-order chi connectivity index (χ0) is 20.4. The number of anilines is 1. The molecule has 1 heterocycles. The summed E-state index contributed by atoms with van der Waals surface area (Å²) < 4.78 is 12.3. The summed E-state index contributed by atoms with van der Waals surface area (Å²) in [6.45, 7) is 2.56. The Morgan fingerprint density at radius 2 is 2.03 bits per heavy atom. The summed E-state index contributed by atoms with van der Waals surface area (Å²) in [5.41, 5.74) is 2.96. The predicted octanol–water partition coefficient (Wildman–Crippen LogP) is 5.49. The molecule has 1 aliphatic rings. The third kappa shape index (κ3) is 3.68. The number of hydrogen-bond acceptors (Lipinski definition) is 3. The van der Waals surface area contributed by atoms with Crippen LogP contribution in [-0.2, 0) is 4.79 Å². The molecular formula is C24H20BrNO3. The Kier molecular flexibility index (Phi) is 5.46. The average Bonchev–Trinajstić information content (AvgIpc) is 2.72. The second kappa shape index (κ2) is 8.18. The first-order valence-corrected chi connectivity index (χ1v) is 10.3. The molecule has 0 fully saturated rings. The van der Waals surface area contributed by atoms with E-state index in [1.165, 1.54) is 0 Å². The number of hydrogen-bond donors (Lipinski definition) is 1. The van der Waals surface area contributed by atoms with Crippen molar-refractivity contribution in [2.24, 2.45) is 0 Å². The van der Waals surface area contributed by atoms with E-state index in [1.54, 1.807) is 0 Å². The highest BCUT2D eigenvalue weighted by atomic mass is 79.9. The molecule has 3 aromatic carbocycles. The molecule has 146 valence electrons. The average molecular weight is 450 g/mol. The van der Waals surface area contributed by atoms with Gasteiger partial charge in [-0.25, -0.2) is 0 Å². The van der Waals surface area contributed by atoms with Gasteiger partial charge in [-0.05, 0) is 63.0 Å². The quantitative estimate of drug-likeness (QED) is 0.524. The molecule has 1 N–H and O–H groups in total. The van der Waals surface area contributed by atoms with Gasteiger partial charge in [0, 0.05) is 18.0 Å². The lowest BCUT2D eigenvalue weighted by molar-refractivity contribution is -0.116. The smallest absolute Gasteiger partial charge is 0.225 e. The van der Waals surface area contributed by atoms with Gasteiger partial charge < -0.3 is 14.8 Å². The topological polar surface area (TPSA) is 47.6 Å². The Labute approximate surface area is 178 Å². The van der Waals surface area contributed by atoms with Gasteiger partial charge in [-0.1, -0.05) is 36.3 Å². The van der Waals surface area contributed by atoms with Crippen LogP contribution in [0.25, 0.3) is 10.8 Å². The third-order valence-electron chi connectivity index (χ3n) is 5.02. The molecule has 3 aromatic rings. The number of terminal acetylenes is 1. The van der Waals surface area contributed by atoms with E-state index >= 15 is 0 Å². The third-order valence-corrected chi connectivity index (χ3v) is 5.61. The van der Waals surface area contributed by atoms with Gasteiger partial charge in [-0.3, -0.25) is 4.79 Å². The van der Waals surface area contributed by atoms with Gasteiger partial charge in [0.25, 0.3) is 0 Å². The number of carbonyl (C=O) groups excluding carboxylic acids is 1. The standard InChI is InChI=1S/C24H20BrNO3/c1-3-11-29-24-19(25)12-16(13-21(24)28-4-2)18-14-22(27)26-20-10-9-15-7-5-6-8-17(15)23(18)20/h1,5-10,12-13,18H,4,11,14H2,2H3,(H,26,27). The molecule has 5 heteroatoms. The summed E-state index contributed by atoms with van der Waals surface area (Å²) in [4.78, 5) is 12.4. The highest BCUT2D eigenvalue weighted by Crippen LogP contribution is 2.45. The maximum atomic E-state index is 12.4. The summed E-state index contributed by atoms with van der Waals surface area (Å²) >= 11 is 3.60. The second-order valence-corrected chi connectivity index (χ2v) is 7.66. The number of nitrogens with one attached hydrogen (secondary N) is 1. The van der Waals surface area contributed by atoms with Crippen LogP contribution in [0.2, 0.25) is 0 Å². The van der Waals surface area contributed by atoms with E-state index in [9.17, 15) is 4.79 Å². The maximum absolute atomic E-state index is 12.4. The van der Waals surface area contributed by atoms with Crippen molar-refractivity contribution >= 4 is 38.3 Å². The lowest BCUT2D eigenvalue weighted by atomic mass is 9.82. The van der Waals surface area contributed by atoms with Crippen LogP contribution in [0.4, 0.5) is 5.69 Å². The van der Waals surface area contributed by atoms with Gasteiger partial charge >= 0.3 is 0 Å². The van der Waals surface area contributed by atoms with E-state index in [0.29, 0.717) is 24.5 Å². The Morgan fingerprint density at radius 1 is 1.21 bits per heavy atom. The summed E-state index contributed by atoms with van der Waals surface area (Å²) in [6.07, 6.45) is 5.71. The van der Waals surface area contributed by atoms with Crippen molar-refractivity contribution in [3.63, 3.8) is 0 Å². The van der Waals surface area contributed by atoms with E-state index in [1.807, 2.05) is 43.3 Å². The zero-order valence-corrected chi connectivity index (χ0v) is 17.6. The van der Waals surface area contributed by atoms with Crippen LogP contribution in [0.3, 0.4) is 0 Å². The molecule has 0 bridgehead atoms. The molecule has 0 spiro atoms. The predicted molar refractivity (Wildman–Crippen MR) is 119 cm³/mol. The zero-order valence-electron chi connectivity index (χ0n) is 16.0. The molecule has 0 saturated carbocycles. The van der Waals surface area contributed by atoms with Crippen LogP contribution in [0, 0.1) is 12.3 Å². The van der Waals surface area contributed by atoms with Crippen molar-refractivity contribution in [3.8, 4) is 23.8 Å². The molecule has 0 radical (unpaired) electrons. The first-order valence-electron chi connectivity index (χ1n) is 9.46. The minimum atomic E-state index is -0.0953. The van der Waals surface area contributed by atoms with Gasteiger partial charge in [0.15, 0.2) is 11.5 Å². The molecule has 0 aliphatic carbocycles. The fourth-order valence-corrected chi connectivity index (χ4v) is 4.43. The van der Waals surface area contributed by atoms with Crippen molar-refractivity contribution in [1.82, 2.24) is 0 Å². The van der Waals surface area contributed by atoms with Crippen LogP contribution in [0.15, 0.2) is 53.0 Å². The highest BCUT2D eigenvalue weighted by molar-refractivity contribution is 9.10. The molecule has 1 atom stereocenters. The molecule has 1 amide bonds. The fourth-order valence-electron chi connectivity index (χ4n) is 3.86. The molecule has 4 nitrogen and oxygen atoms in total. The minimum absolute atomic E-state index is 0.000443. The summed E-state index contributed by atoms with van der Waals surface area (Å²) in [5, 5.41) is 5.30. The minimum Gasteiger partial charge on any atom is -0.490 e. The lowest BCUT2D eigenvalue weighted by Gasteiger charge is -2.28. The molecule has 1 unspecified atom stereocenters. The first kappa shape index (κ1) is 19.4. The Morgan fingerprint density at radius 3 is 2.83 bits per heavy atom. The van der Waals surface area contributed by atoms with Gasteiger partial charge in [0.2, 0.25) is 5.91 Å². The number of amides is 1. The Hall–Kier alpha value is -2.97. The van der Waals surface area contributed by atoms with Crippen molar-refractivity contribution in [2.75, 3.05) is 18.5 Å². The Balaban J connectivity index is 1.88. The second-order valence-electron chi connectivity index (χ2n) is 6.81. The van der Waals surface area contributed by atoms with Crippen LogP contribution >= 0.6 is 15.9 Å². The van der Waals surface area contributed by atoms with Crippen LogP contribution in [0.1, 0.15) is 30.4 Å². The van der Waals surface area contributed by atoms with Gasteiger partial charge in [-0.2, -0.15) is 0 Å². The molecule has 0 aromatic heterocycles. The van der Waals surface area contributed by atoms with Crippen LogP contribution < -0.4 is 14.8 Å². The summed E-state index contributed by atoms with van der Waals surface area (Å²) in [7, 11) is 0. The number of fused-ring (bicyclic) bond motifs is 3. The van der Waals surface area contributed by atoms with Crippen LogP contribution in [0.5, 0.6) is 11.5 Å². The summed E-state index contributed by atoms with van der Waals surface area (Å²) in [6, 6.07) is 16.2. The van der Waals surface area contributed by atoms with E-state index in [0.717, 1.165) is 32.1 Å². The van der Waals surface area contributed by atoms with E-state index in [4.69, 9.17) is 15.9 Å². The van der Waals surface area contributed by atoms with Gasteiger partial charge in [0.05, 0.1) is 11.1 Å². The monoisotopic (exact) mass is 449 g/mol. The SMILES string of the molecule is C#CCOc1c(Br)cc(C2CC(=O)Nc3ccc4ccccc4c32)cc1OCC. The molecular weight excluding hydrogens is 430 g/mol. The summed E-state index contributed by atoms with van der Waals surface area (Å²) in [5.74, 6) is 3.57. The van der Waals surface area contributed by atoms with E-state index in [-0.39, 0.29) is 18.4 Å². The fraction of sp³-hybridized carbons (Fsp3) is 0.208. The largest absolute Gasteiger partial charge is 0.490 e. The number of rotatable bonds is 5. The molecule has 0 saturated heterocycles. The van der Waals surface area contributed by atoms with Crippen LogP contribution in [-0.4, -0.2) is 19.1 Å². The van der Waals surface area contributed by atoms with Crippen molar-refractivity contribution in [3.05, 3.63) is 64.1 Å². The first-order chi connectivity index (χ1) is 14.1. The Bertz CT molecular complexity index is 1130. The number of benzene rings is 3. The van der Waals surface area contributed by atoms with Gasteiger partial charge in [-0.15, -0.1) is 6.42 Å². The van der Waals surface area contributed by atoms with Crippen molar-refractivity contribution in [1.29, 1.82) is 0 Å². The van der Waals surface area contributed by atoms with Crippen molar-refractivity contribution in [2.45, 2.75) is 19.3 Å². The normalized spacial score (nSPS) is 15.3. The molecule has 29 heavy (non-hydrogen) atoms. The van der Waals surface area contributed by atoms with E-state index < -0.39 is 0 Å². The van der Waals surface area contributed by atoms with E-state index in [2.05, 4.69) is 39.3 Å². The van der Waals surface area contributed by atoms with Gasteiger partial charge in [0.1, 0.15) is 6.61 Å². The number of carbonyl (C=O) groups is 1. The molecule has 1 aliphatic heterocycles. The number of ether oxygens (including phenoxy) is 2. The number of halogens is 1. The lowest BCUT2D eigenvalue weighted by Crippen LogP contribution is -2.23. The highest BCUT2D eigenvalue weighted by Gasteiger charge is 2.29.